The first kappa shape index (κ1) is 26.6. The normalized spacial score (nSPS) is 13.3. The van der Waals surface area contributed by atoms with Crippen LogP contribution >= 0.6 is 23.4 Å². The first-order chi connectivity index (χ1) is 19.0. The fourth-order valence-corrected chi connectivity index (χ4v) is 4.85. The Bertz CT molecular complexity index is 1440. The van der Waals surface area contributed by atoms with Gasteiger partial charge in [0.05, 0.1) is 12.9 Å². The van der Waals surface area contributed by atoms with Crippen molar-refractivity contribution < 1.29 is 18.7 Å². The molecule has 0 spiro atoms. The Morgan fingerprint density at radius 3 is 2.46 bits per heavy atom. The average Bonchev–Trinajstić information content (AvgIpc) is 3.46. The topological polar surface area (TPSA) is 101 Å². The molecule has 11 heteroatoms. The van der Waals surface area contributed by atoms with Gasteiger partial charge in [-0.3, -0.25) is 9.59 Å². The maximum absolute atomic E-state index is 12.9. The van der Waals surface area contributed by atoms with Crippen LogP contribution in [0.15, 0.2) is 82.4 Å². The number of ether oxygens (including phenoxy) is 1. The molecule has 1 saturated heterocycles. The third-order valence-corrected chi connectivity index (χ3v) is 7.29. The molecule has 9 nitrogen and oxygen atoms in total. The van der Waals surface area contributed by atoms with Gasteiger partial charge >= 0.3 is 0 Å². The van der Waals surface area contributed by atoms with Crippen LogP contribution in [-0.2, 0) is 4.79 Å². The molecule has 4 aromatic rings. The molecule has 0 saturated carbocycles. The van der Waals surface area contributed by atoms with E-state index in [0.29, 0.717) is 46.2 Å². The molecule has 0 unspecified atom stereocenters. The second-order valence-electron chi connectivity index (χ2n) is 8.77. The van der Waals surface area contributed by atoms with E-state index in [1.54, 1.807) is 37.4 Å². The number of rotatable bonds is 8. The summed E-state index contributed by atoms with van der Waals surface area (Å²) in [6.07, 6.45) is 0. The molecule has 200 valence electrons. The van der Waals surface area contributed by atoms with Crippen molar-refractivity contribution in [3.8, 4) is 17.2 Å². The van der Waals surface area contributed by atoms with Gasteiger partial charge in [0.1, 0.15) is 5.75 Å². The van der Waals surface area contributed by atoms with Gasteiger partial charge in [-0.15, -0.1) is 10.2 Å². The van der Waals surface area contributed by atoms with E-state index in [4.69, 9.17) is 20.8 Å². The summed E-state index contributed by atoms with van der Waals surface area (Å²) in [6, 6.07) is 22.0. The van der Waals surface area contributed by atoms with Crippen molar-refractivity contribution in [3.63, 3.8) is 0 Å². The number of nitrogens with one attached hydrogen (secondary N) is 1. The first-order valence-corrected chi connectivity index (χ1v) is 13.7. The summed E-state index contributed by atoms with van der Waals surface area (Å²) < 4.78 is 10.9. The summed E-state index contributed by atoms with van der Waals surface area (Å²) in [5.74, 6) is 1.00. The molecule has 1 aliphatic rings. The summed E-state index contributed by atoms with van der Waals surface area (Å²) in [7, 11) is 1.59. The van der Waals surface area contributed by atoms with Crippen LogP contribution in [0.2, 0.25) is 5.02 Å². The Kier molecular flexibility index (Phi) is 8.33. The van der Waals surface area contributed by atoms with Gasteiger partial charge in [0.2, 0.25) is 11.8 Å². The summed E-state index contributed by atoms with van der Waals surface area (Å²) in [6.45, 7) is 2.70. The van der Waals surface area contributed by atoms with Crippen LogP contribution < -0.4 is 15.0 Å². The van der Waals surface area contributed by atoms with Gasteiger partial charge in [-0.1, -0.05) is 29.4 Å². The highest BCUT2D eigenvalue weighted by Crippen LogP contribution is 2.25. The third-order valence-electron chi connectivity index (χ3n) is 6.22. The first-order valence-electron chi connectivity index (χ1n) is 12.3. The molecule has 1 N–H and O–H groups in total. The van der Waals surface area contributed by atoms with E-state index in [-0.39, 0.29) is 17.6 Å². The Labute approximate surface area is 235 Å². The predicted molar refractivity (Wildman–Crippen MR) is 152 cm³/mol. The molecule has 2 heterocycles. The lowest BCUT2D eigenvalue weighted by Gasteiger charge is -2.36. The maximum atomic E-state index is 12.9. The zero-order valence-corrected chi connectivity index (χ0v) is 22.7. The molecule has 1 aromatic heterocycles. The van der Waals surface area contributed by atoms with Gasteiger partial charge < -0.3 is 24.3 Å². The van der Waals surface area contributed by atoms with E-state index in [0.717, 1.165) is 24.3 Å². The van der Waals surface area contributed by atoms with Gasteiger partial charge in [0, 0.05) is 53.7 Å². The van der Waals surface area contributed by atoms with E-state index in [2.05, 4.69) is 20.4 Å². The van der Waals surface area contributed by atoms with Crippen LogP contribution in [-0.4, -0.2) is 66.0 Å². The number of aromatic nitrogens is 2. The number of carbonyl (C=O) groups excluding carboxylic acids is 2. The Hall–Kier alpha value is -4.02. The maximum Gasteiger partial charge on any atom is 0.277 e. The molecular formula is C28H26ClN5O4S. The molecule has 1 fully saturated rings. The molecule has 0 radical (unpaired) electrons. The number of hydrogen-bond donors (Lipinski definition) is 1. The van der Waals surface area contributed by atoms with E-state index in [1.807, 2.05) is 47.4 Å². The number of methoxy groups -OCH3 is 1. The largest absolute Gasteiger partial charge is 0.497 e. The number of halogens is 1. The standard InChI is InChI=1S/C28H26ClN5O4S/c1-37-24-4-2-3-20(17-24)27(36)34-15-13-33(14-16-34)23-11-9-22(10-12-23)30-25(35)18-39-28-32-31-26(38-28)19-5-7-21(29)8-6-19/h2-12,17H,13-16,18H2,1H3,(H,30,35). The smallest absolute Gasteiger partial charge is 0.277 e. The number of benzene rings is 3. The number of anilines is 2. The Balaban J connectivity index is 1.08. The lowest BCUT2D eigenvalue weighted by molar-refractivity contribution is -0.113. The summed E-state index contributed by atoms with van der Waals surface area (Å²) >= 11 is 7.08. The number of piperazine rings is 1. The molecule has 1 aliphatic heterocycles. The van der Waals surface area contributed by atoms with Gasteiger partial charge in [-0.25, -0.2) is 0 Å². The highest BCUT2D eigenvalue weighted by molar-refractivity contribution is 7.99. The van der Waals surface area contributed by atoms with Crippen LogP contribution in [0.1, 0.15) is 10.4 Å². The van der Waals surface area contributed by atoms with Crippen molar-refractivity contribution in [2.45, 2.75) is 5.22 Å². The molecule has 5 rings (SSSR count). The van der Waals surface area contributed by atoms with E-state index in [1.165, 1.54) is 11.8 Å². The van der Waals surface area contributed by atoms with Crippen LogP contribution in [0.25, 0.3) is 11.5 Å². The monoisotopic (exact) mass is 563 g/mol. The van der Waals surface area contributed by atoms with Crippen molar-refractivity contribution >= 4 is 46.6 Å². The highest BCUT2D eigenvalue weighted by Gasteiger charge is 2.22. The third kappa shape index (κ3) is 6.71. The molecule has 0 atom stereocenters. The number of hydrogen-bond acceptors (Lipinski definition) is 8. The quantitative estimate of drug-likeness (QED) is 0.296. The highest BCUT2D eigenvalue weighted by atomic mass is 35.5. The fourth-order valence-electron chi connectivity index (χ4n) is 4.16. The number of thioether (sulfide) groups is 1. The number of amides is 2. The zero-order valence-electron chi connectivity index (χ0n) is 21.2. The van der Waals surface area contributed by atoms with Crippen molar-refractivity contribution in [2.75, 3.05) is 49.3 Å². The summed E-state index contributed by atoms with van der Waals surface area (Å²) in [5, 5.41) is 11.8. The van der Waals surface area contributed by atoms with Gasteiger partial charge in [-0.2, -0.15) is 0 Å². The van der Waals surface area contributed by atoms with E-state index < -0.39 is 0 Å². The van der Waals surface area contributed by atoms with E-state index >= 15 is 0 Å². The molecular weight excluding hydrogens is 538 g/mol. The molecule has 2 amide bonds. The van der Waals surface area contributed by atoms with Crippen LogP contribution in [0.3, 0.4) is 0 Å². The number of carbonyl (C=O) groups is 2. The Morgan fingerprint density at radius 2 is 1.74 bits per heavy atom. The second kappa shape index (κ2) is 12.2. The fraction of sp³-hybridized carbons (Fsp3) is 0.214. The summed E-state index contributed by atoms with van der Waals surface area (Å²) in [5.41, 5.74) is 3.12. The molecule has 0 bridgehead atoms. The van der Waals surface area contributed by atoms with Gasteiger partial charge in [0.25, 0.3) is 11.1 Å². The molecule has 0 aliphatic carbocycles. The summed E-state index contributed by atoms with van der Waals surface area (Å²) in [4.78, 5) is 29.4. The van der Waals surface area contributed by atoms with Crippen LogP contribution in [0, 0.1) is 0 Å². The van der Waals surface area contributed by atoms with Crippen molar-refractivity contribution in [3.05, 3.63) is 83.4 Å². The number of nitrogens with zero attached hydrogens (tertiary/aromatic N) is 4. The minimum atomic E-state index is -0.177. The lowest BCUT2D eigenvalue weighted by Crippen LogP contribution is -2.48. The van der Waals surface area contributed by atoms with Crippen LogP contribution in [0.5, 0.6) is 5.75 Å². The lowest BCUT2D eigenvalue weighted by atomic mass is 10.1. The zero-order chi connectivity index (χ0) is 27.2. The SMILES string of the molecule is COc1cccc(C(=O)N2CCN(c3ccc(NC(=O)CSc4nnc(-c5ccc(Cl)cc5)o4)cc3)CC2)c1. The minimum absolute atomic E-state index is 0.00575. The van der Waals surface area contributed by atoms with Gasteiger partial charge in [-0.05, 0) is 66.7 Å². The van der Waals surface area contributed by atoms with Crippen molar-refractivity contribution in [1.82, 2.24) is 15.1 Å². The van der Waals surface area contributed by atoms with Crippen molar-refractivity contribution in [2.24, 2.45) is 0 Å². The minimum Gasteiger partial charge on any atom is -0.497 e. The second-order valence-corrected chi connectivity index (χ2v) is 10.1. The van der Waals surface area contributed by atoms with Gasteiger partial charge in [0.15, 0.2) is 0 Å². The molecule has 39 heavy (non-hydrogen) atoms. The van der Waals surface area contributed by atoms with Crippen LogP contribution in [0.4, 0.5) is 11.4 Å². The van der Waals surface area contributed by atoms with Crippen molar-refractivity contribution in [1.29, 1.82) is 0 Å². The predicted octanol–water partition coefficient (Wildman–Crippen LogP) is 5.09. The van der Waals surface area contributed by atoms with E-state index in [9.17, 15) is 9.59 Å². The average molecular weight is 564 g/mol. The Morgan fingerprint density at radius 1 is 1.00 bits per heavy atom. The molecule has 3 aromatic carbocycles.